The molecule has 0 aliphatic heterocycles. The van der Waals surface area contributed by atoms with Crippen molar-refractivity contribution in [1.29, 1.82) is 0 Å². The minimum atomic E-state index is 0.747. The van der Waals surface area contributed by atoms with Crippen LogP contribution in [0.2, 0.25) is 5.02 Å². The lowest BCUT2D eigenvalue weighted by molar-refractivity contribution is 1.45. The summed E-state index contributed by atoms with van der Waals surface area (Å²) in [6.45, 7) is 0. The fourth-order valence-corrected chi connectivity index (χ4v) is 3.05. The van der Waals surface area contributed by atoms with Crippen LogP contribution in [0.15, 0.2) is 78.9 Å². The minimum absolute atomic E-state index is 0.747. The second kappa shape index (κ2) is 6.38. The molecule has 4 aromatic rings. The fourth-order valence-electron chi connectivity index (χ4n) is 2.92. The molecule has 1 N–H and O–H groups in total. The number of fused-ring (bicyclic) bond motifs is 1. The highest BCUT2D eigenvalue weighted by Crippen LogP contribution is 2.32. The van der Waals surface area contributed by atoms with Crippen molar-refractivity contribution in [3.8, 4) is 11.3 Å². The molecule has 0 amide bonds. The van der Waals surface area contributed by atoms with Gasteiger partial charge in [0.2, 0.25) is 0 Å². The molecular weight excluding hydrogens is 314 g/mol. The molecule has 0 unspecified atom stereocenters. The number of halogens is 1. The van der Waals surface area contributed by atoms with E-state index < -0.39 is 0 Å². The molecule has 0 saturated carbocycles. The van der Waals surface area contributed by atoms with Gasteiger partial charge in [0, 0.05) is 21.5 Å². The number of hydrogen-bond donors (Lipinski definition) is 1. The van der Waals surface area contributed by atoms with Gasteiger partial charge in [-0.1, -0.05) is 84.4 Å². The Hall–Kier alpha value is -2.77. The maximum absolute atomic E-state index is 6.03. The summed E-state index contributed by atoms with van der Waals surface area (Å²) in [5.41, 5.74) is 5.75. The second-order valence-electron chi connectivity index (χ2n) is 5.71. The third-order valence-corrected chi connectivity index (χ3v) is 4.37. The van der Waals surface area contributed by atoms with Crippen LogP contribution in [0.3, 0.4) is 0 Å². The van der Waals surface area contributed by atoms with Crippen molar-refractivity contribution in [2.75, 3.05) is 0 Å². The van der Waals surface area contributed by atoms with E-state index in [-0.39, 0.29) is 0 Å². The number of benzene rings is 3. The van der Waals surface area contributed by atoms with Gasteiger partial charge in [-0.05, 0) is 29.3 Å². The number of aromatic nitrogens is 1. The Morgan fingerprint density at radius 1 is 0.708 bits per heavy atom. The molecule has 0 bridgehead atoms. The predicted molar refractivity (Wildman–Crippen MR) is 104 cm³/mol. The number of aromatic amines is 1. The van der Waals surface area contributed by atoms with Crippen LogP contribution in [0.4, 0.5) is 0 Å². The largest absolute Gasteiger partial charge is 0.354 e. The van der Waals surface area contributed by atoms with Crippen molar-refractivity contribution in [3.63, 3.8) is 0 Å². The Bertz CT molecular complexity index is 995. The van der Waals surface area contributed by atoms with Crippen LogP contribution in [-0.4, -0.2) is 4.98 Å². The molecule has 0 saturated heterocycles. The Kier molecular flexibility index (Phi) is 3.94. The van der Waals surface area contributed by atoms with Gasteiger partial charge in [0.05, 0.1) is 5.69 Å². The fraction of sp³-hybridized carbons (Fsp3) is 0. The van der Waals surface area contributed by atoms with Gasteiger partial charge >= 0.3 is 0 Å². The first-order valence-electron chi connectivity index (χ1n) is 7.91. The van der Waals surface area contributed by atoms with E-state index in [1.165, 1.54) is 16.5 Å². The highest BCUT2D eigenvalue weighted by molar-refractivity contribution is 6.30. The summed E-state index contributed by atoms with van der Waals surface area (Å²) in [4.78, 5) is 3.54. The Morgan fingerprint density at radius 3 is 2.21 bits per heavy atom. The topological polar surface area (TPSA) is 15.8 Å². The van der Waals surface area contributed by atoms with Gasteiger partial charge in [-0.25, -0.2) is 0 Å². The summed E-state index contributed by atoms with van der Waals surface area (Å²) in [7, 11) is 0. The van der Waals surface area contributed by atoms with Crippen LogP contribution in [-0.2, 0) is 0 Å². The first kappa shape index (κ1) is 14.8. The molecule has 1 nitrogen and oxygen atoms in total. The molecule has 0 aliphatic carbocycles. The molecule has 0 radical (unpaired) electrons. The van der Waals surface area contributed by atoms with E-state index in [0.717, 1.165) is 21.8 Å². The van der Waals surface area contributed by atoms with E-state index in [9.17, 15) is 0 Å². The van der Waals surface area contributed by atoms with E-state index in [4.69, 9.17) is 11.6 Å². The Balaban J connectivity index is 1.87. The van der Waals surface area contributed by atoms with Crippen LogP contribution in [0.5, 0.6) is 0 Å². The lowest BCUT2D eigenvalue weighted by Crippen LogP contribution is -1.81. The van der Waals surface area contributed by atoms with Crippen molar-refractivity contribution in [1.82, 2.24) is 4.98 Å². The van der Waals surface area contributed by atoms with Crippen molar-refractivity contribution in [2.45, 2.75) is 0 Å². The normalized spacial score (nSPS) is 11.4. The first-order chi connectivity index (χ1) is 11.8. The molecule has 4 rings (SSSR count). The maximum Gasteiger partial charge on any atom is 0.0538 e. The summed E-state index contributed by atoms with van der Waals surface area (Å²) in [5, 5.41) is 1.96. The predicted octanol–water partition coefficient (Wildman–Crippen LogP) is 6.66. The van der Waals surface area contributed by atoms with Crippen LogP contribution < -0.4 is 0 Å². The Labute approximate surface area is 146 Å². The number of para-hydroxylation sites is 1. The first-order valence-corrected chi connectivity index (χ1v) is 8.29. The van der Waals surface area contributed by atoms with Gasteiger partial charge < -0.3 is 4.98 Å². The van der Waals surface area contributed by atoms with Gasteiger partial charge in [-0.15, -0.1) is 0 Å². The van der Waals surface area contributed by atoms with E-state index in [2.05, 4.69) is 65.7 Å². The van der Waals surface area contributed by atoms with E-state index in [1.807, 2.05) is 30.3 Å². The van der Waals surface area contributed by atoms with E-state index in [0.29, 0.717) is 0 Å². The molecule has 0 aliphatic rings. The zero-order chi connectivity index (χ0) is 16.4. The van der Waals surface area contributed by atoms with Crippen molar-refractivity contribution in [3.05, 3.63) is 95.0 Å². The van der Waals surface area contributed by atoms with Gasteiger partial charge in [0.25, 0.3) is 0 Å². The molecule has 0 atom stereocenters. The van der Waals surface area contributed by atoms with Crippen LogP contribution in [0.1, 0.15) is 11.1 Å². The smallest absolute Gasteiger partial charge is 0.0538 e. The number of H-pyrrole nitrogens is 1. The van der Waals surface area contributed by atoms with Crippen molar-refractivity contribution in [2.24, 2.45) is 0 Å². The average molecular weight is 330 g/mol. The SMILES string of the molecule is Clc1ccc(-c2[nH]c3ccccc3c2/C=C/c2ccccc2)cc1. The zero-order valence-electron chi connectivity index (χ0n) is 13.0. The molecule has 24 heavy (non-hydrogen) atoms. The van der Waals surface area contributed by atoms with Gasteiger partial charge in [-0.3, -0.25) is 0 Å². The van der Waals surface area contributed by atoms with Gasteiger partial charge in [-0.2, -0.15) is 0 Å². The summed E-state index contributed by atoms with van der Waals surface area (Å²) in [5.74, 6) is 0. The molecule has 2 heteroatoms. The second-order valence-corrected chi connectivity index (χ2v) is 6.15. The molecule has 1 heterocycles. The quantitative estimate of drug-likeness (QED) is 0.432. The summed E-state index contributed by atoms with van der Waals surface area (Å²) in [6.07, 6.45) is 4.33. The third-order valence-electron chi connectivity index (χ3n) is 4.12. The monoisotopic (exact) mass is 329 g/mol. The molecule has 3 aromatic carbocycles. The summed E-state index contributed by atoms with van der Waals surface area (Å²) in [6, 6.07) is 26.7. The third kappa shape index (κ3) is 2.86. The standard InChI is InChI=1S/C22H16ClN/c23-18-13-11-17(12-14-18)22-20(15-10-16-6-2-1-3-7-16)19-8-4-5-9-21(19)24-22/h1-15,24H/b15-10+. The molecule has 0 spiro atoms. The van der Waals surface area contributed by atoms with Crippen molar-refractivity contribution >= 4 is 34.7 Å². The van der Waals surface area contributed by atoms with Crippen LogP contribution >= 0.6 is 11.6 Å². The molecule has 0 fully saturated rings. The number of hydrogen-bond acceptors (Lipinski definition) is 0. The Morgan fingerprint density at radius 2 is 1.42 bits per heavy atom. The van der Waals surface area contributed by atoms with Gasteiger partial charge in [0.15, 0.2) is 0 Å². The van der Waals surface area contributed by atoms with Crippen LogP contribution in [0, 0.1) is 0 Å². The average Bonchev–Trinajstić information content (AvgIpc) is 3.00. The highest BCUT2D eigenvalue weighted by Gasteiger charge is 2.10. The lowest BCUT2D eigenvalue weighted by atomic mass is 10.0. The van der Waals surface area contributed by atoms with Crippen molar-refractivity contribution < 1.29 is 0 Å². The summed E-state index contributed by atoms with van der Waals surface area (Å²) >= 11 is 6.03. The molecule has 1 aromatic heterocycles. The summed E-state index contributed by atoms with van der Waals surface area (Å²) < 4.78 is 0. The van der Waals surface area contributed by atoms with Crippen LogP contribution in [0.25, 0.3) is 34.3 Å². The lowest BCUT2D eigenvalue weighted by Gasteiger charge is -2.02. The molecular formula is C22H16ClN. The zero-order valence-corrected chi connectivity index (χ0v) is 13.8. The number of nitrogens with one attached hydrogen (secondary N) is 1. The molecule has 116 valence electrons. The van der Waals surface area contributed by atoms with E-state index >= 15 is 0 Å². The van der Waals surface area contributed by atoms with E-state index in [1.54, 1.807) is 0 Å². The number of rotatable bonds is 3. The van der Waals surface area contributed by atoms with Gasteiger partial charge in [0.1, 0.15) is 0 Å². The maximum atomic E-state index is 6.03. The highest BCUT2D eigenvalue weighted by atomic mass is 35.5. The minimum Gasteiger partial charge on any atom is -0.354 e.